The molecule has 0 saturated carbocycles. The summed E-state index contributed by atoms with van der Waals surface area (Å²) in [5.74, 6) is 0.0295. The van der Waals surface area contributed by atoms with Crippen molar-refractivity contribution in [3.05, 3.63) is 23.7 Å². The van der Waals surface area contributed by atoms with E-state index in [1.807, 2.05) is 6.07 Å². The second-order valence-electron chi connectivity index (χ2n) is 4.73. The largest absolute Gasteiger partial charge is 0.481 e. The number of carboxylic acid groups (broad SMARTS) is 1. The first-order valence-electron chi connectivity index (χ1n) is 4.65. The summed E-state index contributed by atoms with van der Waals surface area (Å²) in [6.45, 7) is 6.35. The lowest BCUT2D eigenvalue weighted by molar-refractivity contribution is -0.136. The third-order valence-corrected chi connectivity index (χ3v) is 1.77. The summed E-state index contributed by atoms with van der Waals surface area (Å²) < 4.78 is 5.28. The normalized spacial score (nSPS) is 11.6. The van der Waals surface area contributed by atoms with Crippen LogP contribution in [0.4, 0.5) is 0 Å². The molecule has 0 aromatic carbocycles. The van der Waals surface area contributed by atoms with Crippen LogP contribution >= 0.6 is 0 Å². The molecule has 1 rings (SSSR count). The van der Waals surface area contributed by atoms with Crippen molar-refractivity contribution < 1.29 is 14.3 Å². The lowest BCUT2D eigenvalue weighted by Gasteiger charge is -2.15. The molecule has 0 radical (unpaired) electrons. The van der Waals surface area contributed by atoms with Gasteiger partial charge in [-0.1, -0.05) is 20.8 Å². The van der Waals surface area contributed by atoms with Crippen LogP contribution < -0.4 is 0 Å². The van der Waals surface area contributed by atoms with Crippen LogP contribution in [-0.2, 0) is 17.6 Å². The summed E-state index contributed by atoms with van der Waals surface area (Å²) in [4.78, 5) is 10.4. The fourth-order valence-electron chi connectivity index (χ4n) is 1.31. The Kier molecular flexibility index (Phi) is 2.99. The van der Waals surface area contributed by atoms with Gasteiger partial charge >= 0.3 is 5.97 Å². The van der Waals surface area contributed by atoms with E-state index < -0.39 is 5.97 Å². The van der Waals surface area contributed by atoms with Crippen LogP contribution in [0.2, 0.25) is 0 Å². The molecule has 3 nitrogen and oxygen atoms in total. The van der Waals surface area contributed by atoms with E-state index >= 15 is 0 Å². The fraction of sp³-hybridized carbons (Fsp3) is 0.545. The average Bonchev–Trinajstić information content (AvgIpc) is 2.30. The Bertz CT molecular complexity index is 318. The summed E-state index contributed by atoms with van der Waals surface area (Å²) in [5, 5.41) is 8.57. The second kappa shape index (κ2) is 3.86. The van der Waals surface area contributed by atoms with Crippen molar-refractivity contribution in [3.8, 4) is 0 Å². The zero-order chi connectivity index (χ0) is 10.8. The minimum Gasteiger partial charge on any atom is -0.481 e. The molecule has 0 amide bonds. The van der Waals surface area contributed by atoms with Gasteiger partial charge in [0, 0.05) is 12.0 Å². The van der Waals surface area contributed by atoms with Crippen LogP contribution in [0.5, 0.6) is 0 Å². The summed E-state index contributed by atoms with van der Waals surface area (Å²) in [6, 6.07) is 1.82. The van der Waals surface area contributed by atoms with E-state index in [2.05, 4.69) is 20.8 Å². The molecule has 1 heterocycles. The van der Waals surface area contributed by atoms with Crippen LogP contribution in [0.25, 0.3) is 0 Å². The minimum atomic E-state index is -0.826. The van der Waals surface area contributed by atoms with Gasteiger partial charge in [-0.2, -0.15) is 0 Å². The quantitative estimate of drug-likeness (QED) is 0.808. The zero-order valence-corrected chi connectivity index (χ0v) is 8.83. The van der Waals surface area contributed by atoms with Crippen molar-refractivity contribution in [2.24, 2.45) is 5.41 Å². The predicted molar refractivity (Wildman–Crippen MR) is 53.2 cm³/mol. The second-order valence-corrected chi connectivity index (χ2v) is 4.73. The summed E-state index contributed by atoms with van der Waals surface area (Å²) in [7, 11) is 0. The Morgan fingerprint density at radius 1 is 1.50 bits per heavy atom. The molecule has 0 aliphatic carbocycles. The van der Waals surface area contributed by atoms with Gasteiger partial charge in [-0.3, -0.25) is 4.79 Å². The highest BCUT2D eigenvalue weighted by Crippen LogP contribution is 2.22. The minimum absolute atomic E-state index is 0.0354. The monoisotopic (exact) mass is 196 g/mol. The molecule has 0 atom stereocenters. The van der Waals surface area contributed by atoms with Gasteiger partial charge in [-0.25, -0.2) is 0 Å². The maximum atomic E-state index is 10.4. The highest BCUT2D eigenvalue weighted by molar-refractivity contribution is 5.69. The van der Waals surface area contributed by atoms with Gasteiger partial charge in [0.05, 0.1) is 12.7 Å². The number of carbonyl (C=O) groups is 1. The lowest BCUT2D eigenvalue weighted by atomic mass is 9.91. The molecular weight excluding hydrogens is 180 g/mol. The van der Waals surface area contributed by atoms with Gasteiger partial charge < -0.3 is 9.52 Å². The number of rotatable bonds is 3. The Morgan fingerprint density at radius 3 is 2.64 bits per heavy atom. The molecule has 0 unspecified atom stereocenters. The molecule has 0 bridgehead atoms. The Hall–Kier alpha value is -1.25. The summed E-state index contributed by atoms with van der Waals surface area (Å²) in [6.07, 6.45) is 2.38. The van der Waals surface area contributed by atoms with Crippen LogP contribution in [0.1, 0.15) is 32.1 Å². The van der Waals surface area contributed by atoms with Gasteiger partial charge in [0.25, 0.3) is 0 Å². The molecule has 14 heavy (non-hydrogen) atoms. The highest BCUT2D eigenvalue weighted by Gasteiger charge is 2.14. The van der Waals surface area contributed by atoms with Gasteiger partial charge in [-0.15, -0.1) is 0 Å². The fourth-order valence-corrected chi connectivity index (χ4v) is 1.31. The maximum absolute atomic E-state index is 10.4. The van der Waals surface area contributed by atoms with E-state index in [1.54, 1.807) is 0 Å². The number of hydrogen-bond donors (Lipinski definition) is 1. The average molecular weight is 196 g/mol. The van der Waals surface area contributed by atoms with Crippen LogP contribution in [0.3, 0.4) is 0 Å². The van der Waals surface area contributed by atoms with Crippen LogP contribution in [0, 0.1) is 5.41 Å². The van der Waals surface area contributed by atoms with Gasteiger partial charge in [0.15, 0.2) is 0 Å². The molecule has 78 valence electrons. The van der Waals surface area contributed by atoms with Crippen molar-refractivity contribution in [2.45, 2.75) is 33.6 Å². The van der Waals surface area contributed by atoms with E-state index in [-0.39, 0.29) is 11.8 Å². The molecule has 0 aliphatic heterocycles. The molecule has 1 aromatic heterocycles. The first-order chi connectivity index (χ1) is 6.37. The maximum Gasteiger partial charge on any atom is 0.307 e. The van der Waals surface area contributed by atoms with E-state index in [1.165, 1.54) is 6.26 Å². The van der Waals surface area contributed by atoms with E-state index in [0.29, 0.717) is 0 Å². The molecule has 3 heteroatoms. The van der Waals surface area contributed by atoms with E-state index in [9.17, 15) is 4.79 Å². The van der Waals surface area contributed by atoms with E-state index in [4.69, 9.17) is 9.52 Å². The molecule has 1 aromatic rings. The highest BCUT2D eigenvalue weighted by atomic mass is 16.4. The van der Waals surface area contributed by atoms with Crippen molar-refractivity contribution >= 4 is 5.97 Å². The molecule has 0 fully saturated rings. The van der Waals surface area contributed by atoms with Crippen molar-refractivity contribution in [3.63, 3.8) is 0 Å². The number of furan rings is 1. The number of aliphatic carboxylic acids is 1. The smallest absolute Gasteiger partial charge is 0.307 e. The predicted octanol–water partition coefficient (Wildman–Crippen LogP) is 2.50. The van der Waals surface area contributed by atoms with Crippen molar-refractivity contribution in [2.75, 3.05) is 0 Å². The molecular formula is C11H16O3. The Morgan fingerprint density at radius 2 is 2.14 bits per heavy atom. The summed E-state index contributed by atoms with van der Waals surface area (Å²) in [5.41, 5.74) is 0.898. The molecule has 0 spiro atoms. The van der Waals surface area contributed by atoms with Crippen molar-refractivity contribution in [1.29, 1.82) is 0 Å². The van der Waals surface area contributed by atoms with Gasteiger partial charge in [0.1, 0.15) is 5.76 Å². The third-order valence-electron chi connectivity index (χ3n) is 1.77. The Labute approximate surface area is 83.7 Å². The Balaban J connectivity index is 2.64. The van der Waals surface area contributed by atoms with Crippen molar-refractivity contribution in [1.82, 2.24) is 0 Å². The number of carboxylic acids is 1. The van der Waals surface area contributed by atoms with Gasteiger partial charge in [-0.05, 0) is 11.5 Å². The van der Waals surface area contributed by atoms with E-state index in [0.717, 1.165) is 17.7 Å². The zero-order valence-electron chi connectivity index (χ0n) is 8.83. The number of hydrogen-bond acceptors (Lipinski definition) is 2. The summed E-state index contributed by atoms with van der Waals surface area (Å²) >= 11 is 0. The molecule has 0 aliphatic rings. The first-order valence-corrected chi connectivity index (χ1v) is 4.65. The van der Waals surface area contributed by atoms with Crippen LogP contribution in [0.15, 0.2) is 16.7 Å². The van der Waals surface area contributed by atoms with Gasteiger partial charge in [0.2, 0.25) is 0 Å². The third kappa shape index (κ3) is 3.64. The molecule has 1 N–H and O–H groups in total. The topological polar surface area (TPSA) is 50.4 Å². The standard InChI is InChI=1S/C11H16O3/c1-11(2,3)6-9-4-8(7-14-9)5-10(12)13/h4,7H,5-6H2,1-3H3,(H,12,13). The first kappa shape index (κ1) is 10.8. The SMILES string of the molecule is CC(C)(C)Cc1cc(CC(=O)O)co1. The lowest BCUT2D eigenvalue weighted by Crippen LogP contribution is -2.08. The molecule has 0 saturated heterocycles. The van der Waals surface area contributed by atoms with Crippen LogP contribution in [-0.4, -0.2) is 11.1 Å².